The van der Waals surface area contributed by atoms with Crippen LogP contribution in [0.1, 0.15) is 99.3 Å². The fourth-order valence-electron chi connectivity index (χ4n) is 12.0. The summed E-state index contributed by atoms with van der Waals surface area (Å²) in [6.45, 7) is 19.5. The number of aliphatic hydroxyl groups is 1. The van der Waals surface area contributed by atoms with Crippen molar-refractivity contribution in [1.29, 1.82) is 0 Å². The molecule has 0 aromatic rings. The summed E-state index contributed by atoms with van der Waals surface area (Å²) in [5.74, 6) is -1.09. The molecule has 2 heterocycles. The molecule has 5 fully saturated rings. The molecule has 2 amide bonds. The molecule has 2 aliphatic heterocycles. The van der Waals surface area contributed by atoms with E-state index in [1.54, 1.807) is 6.08 Å². The van der Waals surface area contributed by atoms with E-state index in [0.29, 0.717) is 23.5 Å². The maximum Gasteiger partial charge on any atom is 0.309 e. The van der Waals surface area contributed by atoms with Crippen LogP contribution < -0.4 is 10.6 Å². The van der Waals surface area contributed by atoms with Crippen molar-refractivity contribution in [3.63, 3.8) is 0 Å². The van der Waals surface area contributed by atoms with Crippen molar-refractivity contribution >= 4 is 17.6 Å². The Hall–Kier alpha value is -2.71. The van der Waals surface area contributed by atoms with Crippen molar-refractivity contribution in [1.82, 2.24) is 20.4 Å². The first-order valence-electron chi connectivity index (χ1n) is 18.6. The molecule has 5 aliphatic carbocycles. The predicted molar refractivity (Wildman–Crippen MR) is 188 cm³/mol. The highest BCUT2D eigenvalue weighted by molar-refractivity contribution is 6.35. The Bertz CT molecular complexity index is 1560. The number of ketones is 1. The molecule has 3 saturated carbocycles. The number of nitrogens with zero attached hydrogens (tertiary/aromatic N) is 2. The minimum absolute atomic E-state index is 0.0144. The molecule has 1 unspecified atom stereocenters. The fraction of sp³-hybridized carbons (Fsp3) is 0.725. The summed E-state index contributed by atoms with van der Waals surface area (Å²) in [5.41, 5.74) is 3.97. The van der Waals surface area contributed by atoms with Crippen molar-refractivity contribution in [3.05, 3.63) is 46.3 Å². The summed E-state index contributed by atoms with van der Waals surface area (Å²) in [6.07, 6.45) is 15.5. The minimum Gasteiger partial charge on any atom is -0.504 e. The Morgan fingerprint density at radius 2 is 1.60 bits per heavy atom. The van der Waals surface area contributed by atoms with Crippen LogP contribution in [0.3, 0.4) is 0 Å². The highest BCUT2D eigenvalue weighted by Gasteiger charge is 2.67. The molecular formula is C40H58N4O4. The first-order chi connectivity index (χ1) is 22.5. The van der Waals surface area contributed by atoms with Gasteiger partial charge in [-0.05, 0) is 137 Å². The quantitative estimate of drug-likeness (QED) is 0.339. The summed E-state index contributed by atoms with van der Waals surface area (Å²) in [6, 6.07) is 0. The fourth-order valence-corrected chi connectivity index (χ4v) is 12.0. The first-order valence-corrected chi connectivity index (χ1v) is 18.6. The van der Waals surface area contributed by atoms with Gasteiger partial charge in [0.15, 0.2) is 5.76 Å². The molecule has 0 aromatic carbocycles. The monoisotopic (exact) mass is 658 g/mol. The molecule has 7 rings (SSSR count). The van der Waals surface area contributed by atoms with Crippen LogP contribution in [0, 0.1) is 33.0 Å². The number of carbonyl (C=O) groups excluding carboxylic acids is 3. The molecule has 8 nitrogen and oxygen atoms in total. The number of allylic oxidation sites excluding steroid dienone is 7. The van der Waals surface area contributed by atoms with Gasteiger partial charge in [-0.2, -0.15) is 0 Å². The molecule has 48 heavy (non-hydrogen) atoms. The van der Waals surface area contributed by atoms with Crippen molar-refractivity contribution in [3.8, 4) is 0 Å². The third-order valence-electron chi connectivity index (χ3n) is 15.3. The standard InChI is InChI=1S/C40H58N4O4/c1-26-27-8-9-30-37(4,28(27)22-29(45)32(26)46)13-15-39(6)31-23-36(3,12-10-35(31,2)11-14-38(30,39)5)42-34(48)33(47)41-18-21-44-19-16-40(17-20-44)24-43(7)25-40/h8-9,22,31,46H,10-21,23-25H2,1-7H3,(H,41,47)(H,42,48)/t31?,35-,36-,37+,38-,39+/m1/s1. The minimum atomic E-state index is -0.521. The van der Waals surface area contributed by atoms with E-state index in [1.165, 1.54) is 31.5 Å². The third-order valence-corrected chi connectivity index (χ3v) is 15.3. The van der Waals surface area contributed by atoms with Gasteiger partial charge in [0.1, 0.15) is 0 Å². The van der Waals surface area contributed by atoms with E-state index in [2.05, 4.69) is 74.3 Å². The zero-order valence-corrected chi connectivity index (χ0v) is 30.5. The van der Waals surface area contributed by atoms with Crippen LogP contribution in [0.5, 0.6) is 0 Å². The lowest BCUT2D eigenvalue weighted by Crippen LogP contribution is -2.65. The summed E-state index contributed by atoms with van der Waals surface area (Å²) in [7, 11) is 2.19. The SMILES string of the molecule is CC1=C(O)C(=O)C=C2C1=CC=C1[C@@]2(C)CC[C@@]2(C)C3C[C@](C)(NC(=O)C(=O)NCCN4CCC5(CC4)CN(C)C5)CC[C@]3(C)CC[C@]12C. The number of hydrogen-bond acceptors (Lipinski definition) is 6. The lowest BCUT2D eigenvalue weighted by molar-refractivity contribution is -0.157. The van der Waals surface area contributed by atoms with Gasteiger partial charge in [-0.1, -0.05) is 45.4 Å². The lowest BCUT2D eigenvalue weighted by Gasteiger charge is -2.70. The number of amides is 2. The van der Waals surface area contributed by atoms with Crippen LogP contribution in [0.2, 0.25) is 0 Å². The number of hydrogen-bond donors (Lipinski definition) is 3. The molecule has 6 atom stereocenters. The highest BCUT2D eigenvalue weighted by atomic mass is 16.3. The number of likely N-dealkylation sites (tertiary alicyclic amines) is 2. The first kappa shape index (κ1) is 33.8. The van der Waals surface area contributed by atoms with Crippen LogP contribution in [0.4, 0.5) is 0 Å². The van der Waals surface area contributed by atoms with Gasteiger partial charge >= 0.3 is 11.8 Å². The Labute approximate surface area is 287 Å². The van der Waals surface area contributed by atoms with Gasteiger partial charge in [0.05, 0.1) is 0 Å². The zero-order valence-electron chi connectivity index (χ0n) is 30.5. The Morgan fingerprint density at radius 3 is 2.29 bits per heavy atom. The van der Waals surface area contributed by atoms with E-state index < -0.39 is 17.4 Å². The number of aliphatic hydroxyl groups excluding tert-OH is 1. The Balaban J connectivity index is 1.03. The van der Waals surface area contributed by atoms with E-state index in [0.717, 1.165) is 75.7 Å². The predicted octanol–water partition coefficient (Wildman–Crippen LogP) is 5.63. The van der Waals surface area contributed by atoms with Crippen LogP contribution in [0.15, 0.2) is 46.3 Å². The normalized spacial score (nSPS) is 40.7. The number of rotatable bonds is 4. The van der Waals surface area contributed by atoms with Gasteiger partial charge in [-0.3, -0.25) is 14.4 Å². The highest BCUT2D eigenvalue weighted by Crippen LogP contribution is 2.75. The van der Waals surface area contributed by atoms with Crippen LogP contribution >= 0.6 is 0 Å². The smallest absolute Gasteiger partial charge is 0.309 e. The number of piperidine rings is 1. The van der Waals surface area contributed by atoms with E-state index in [9.17, 15) is 19.5 Å². The lowest BCUT2D eigenvalue weighted by atomic mass is 9.35. The maximum atomic E-state index is 13.4. The number of fused-ring (bicyclic) bond motifs is 7. The van der Waals surface area contributed by atoms with E-state index in [4.69, 9.17) is 0 Å². The molecular weight excluding hydrogens is 600 g/mol. The molecule has 0 bridgehead atoms. The van der Waals surface area contributed by atoms with Crippen LogP contribution in [0.25, 0.3) is 0 Å². The maximum absolute atomic E-state index is 13.4. The molecule has 0 aromatic heterocycles. The number of carbonyl (C=O) groups is 3. The molecule has 0 radical (unpaired) electrons. The van der Waals surface area contributed by atoms with Crippen molar-refractivity contribution in [2.45, 2.75) is 105 Å². The van der Waals surface area contributed by atoms with Gasteiger partial charge in [-0.25, -0.2) is 0 Å². The molecule has 1 spiro atoms. The Morgan fingerprint density at radius 1 is 0.917 bits per heavy atom. The zero-order chi connectivity index (χ0) is 34.5. The number of nitrogens with one attached hydrogen (secondary N) is 2. The van der Waals surface area contributed by atoms with E-state index in [1.807, 2.05) is 6.92 Å². The second-order valence-corrected chi connectivity index (χ2v) is 18.3. The van der Waals surface area contributed by atoms with Gasteiger partial charge in [-0.15, -0.1) is 0 Å². The molecule has 8 heteroatoms. The van der Waals surface area contributed by atoms with Gasteiger partial charge in [0.25, 0.3) is 0 Å². The average molecular weight is 659 g/mol. The molecule has 7 aliphatic rings. The van der Waals surface area contributed by atoms with Crippen molar-refractivity contribution in [2.75, 3.05) is 46.3 Å². The second-order valence-electron chi connectivity index (χ2n) is 18.3. The summed E-state index contributed by atoms with van der Waals surface area (Å²) >= 11 is 0. The molecule has 3 N–H and O–H groups in total. The molecule has 2 saturated heterocycles. The third kappa shape index (κ3) is 5.01. The second kappa shape index (κ2) is 11.1. The summed E-state index contributed by atoms with van der Waals surface area (Å²) in [4.78, 5) is 44.0. The topological polar surface area (TPSA) is 102 Å². The summed E-state index contributed by atoms with van der Waals surface area (Å²) in [5, 5.41) is 16.6. The van der Waals surface area contributed by atoms with Gasteiger partial charge in [0.2, 0.25) is 5.78 Å². The largest absolute Gasteiger partial charge is 0.504 e. The van der Waals surface area contributed by atoms with Crippen LogP contribution in [-0.4, -0.2) is 84.4 Å². The molecule has 262 valence electrons. The van der Waals surface area contributed by atoms with Gasteiger partial charge < -0.3 is 25.5 Å². The van der Waals surface area contributed by atoms with Crippen LogP contribution in [-0.2, 0) is 14.4 Å². The van der Waals surface area contributed by atoms with Crippen molar-refractivity contribution < 1.29 is 19.5 Å². The van der Waals surface area contributed by atoms with Crippen molar-refractivity contribution in [2.24, 2.45) is 33.0 Å². The summed E-state index contributed by atoms with van der Waals surface area (Å²) < 4.78 is 0. The van der Waals surface area contributed by atoms with E-state index in [-0.39, 0.29) is 33.2 Å². The van der Waals surface area contributed by atoms with Gasteiger partial charge in [0, 0.05) is 42.7 Å². The van der Waals surface area contributed by atoms with E-state index >= 15 is 0 Å². The Kier molecular flexibility index (Phi) is 7.84. The average Bonchev–Trinajstić information content (AvgIpc) is 3.02.